The second kappa shape index (κ2) is 13.8. The first-order valence-corrected chi connectivity index (χ1v) is 15.4. The fourth-order valence-electron chi connectivity index (χ4n) is 5.95. The van der Waals surface area contributed by atoms with Crippen LogP contribution in [0, 0.1) is 35.0 Å². The van der Waals surface area contributed by atoms with Crippen LogP contribution in [0.1, 0.15) is 80.2 Å². The van der Waals surface area contributed by atoms with E-state index in [-0.39, 0.29) is 47.9 Å². The highest BCUT2D eigenvalue weighted by Crippen LogP contribution is 2.38. The van der Waals surface area contributed by atoms with Gasteiger partial charge in [-0.15, -0.1) is 0 Å². The van der Waals surface area contributed by atoms with Gasteiger partial charge in [0.05, 0.1) is 6.04 Å². The maximum absolute atomic E-state index is 14.1. The molecule has 1 saturated carbocycles. The van der Waals surface area contributed by atoms with Crippen LogP contribution in [-0.2, 0) is 30.5 Å². The Morgan fingerprint density at radius 2 is 1.57 bits per heavy atom. The summed E-state index contributed by atoms with van der Waals surface area (Å²) in [6.45, 7) is 15.9. The fraction of sp³-hybridized carbons (Fsp3) is 0.667. The van der Waals surface area contributed by atoms with E-state index in [1.54, 1.807) is 18.7 Å². The summed E-state index contributed by atoms with van der Waals surface area (Å²) < 4.78 is 0. The van der Waals surface area contributed by atoms with Gasteiger partial charge < -0.3 is 20.9 Å². The van der Waals surface area contributed by atoms with Crippen molar-refractivity contribution in [1.82, 2.24) is 20.9 Å². The van der Waals surface area contributed by atoms with Crippen molar-refractivity contribution < 1.29 is 24.0 Å². The smallest absolute Gasteiger partial charge is 0.289 e. The van der Waals surface area contributed by atoms with Crippen molar-refractivity contribution >= 4 is 29.4 Å². The lowest BCUT2D eigenvalue weighted by molar-refractivity contribution is -0.146. The first-order chi connectivity index (χ1) is 19.6. The van der Waals surface area contributed by atoms with Gasteiger partial charge in [-0.1, -0.05) is 98.6 Å². The van der Waals surface area contributed by atoms with Gasteiger partial charge in [0, 0.05) is 19.0 Å². The second-order valence-corrected chi connectivity index (χ2v) is 14.0. The van der Waals surface area contributed by atoms with Crippen LogP contribution in [0.5, 0.6) is 0 Å². The average Bonchev–Trinajstić information content (AvgIpc) is 3.67. The zero-order chi connectivity index (χ0) is 31.4. The summed E-state index contributed by atoms with van der Waals surface area (Å²) in [7, 11) is 0. The minimum Gasteiger partial charge on any atom is -0.345 e. The summed E-state index contributed by atoms with van der Waals surface area (Å²) in [6.07, 6.45) is 2.29. The zero-order valence-corrected chi connectivity index (χ0v) is 26.5. The van der Waals surface area contributed by atoms with Crippen LogP contribution < -0.4 is 16.0 Å². The predicted octanol–water partition coefficient (Wildman–Crippen LogP) is 3.46. The number of nitrogens with zero attached hydrogens (tertiary/aromatic N) is 1. The highest BCUT2D eigenvalue weighted by atomic mass is 16.2. The van der Waals surface area contributed by atoms with Crippen LogP contribution in [0.3, 0.4) is 0 Å². The summed E-state index contributed by atoms with van der Waals surface area (Å²) in [5, 5.41) is 8.51. The highest BCUT2D eigenvalue weighted by Gasteiger charge is 2.50. The summed E-state index contributed by atoms with van der Waals surface area (Å²) in [5.74, 6) is -2.44. The Labute approximate surface area is 250 Å². The lowest BCUT2D eigenvalue weighted by atomic mass is 9.81. The molecular weight excluding hydrogens is 532 g/mol. The minimum atomic E-state index is -0.972. The van der Waals surface area contributed by atoms with Gasteiger partial charge in [0.1, 0.15) is 12.1 Å². The van der Waals surface area contributed by atoms with E-state index in [2.05, 4.69) is 16.0 Å². The fourth-order valence-corrected chi connectivity index (χ4v) is 5.95. The molecule has 9 nitrogen and oxygen atoms in total. The van der Waals surface area contributed by atoms with Crippen LogP contribution in [0.15, 0.2) is 30.3 Å². The van der Waals surface area contributed by atoms with Crippen LogP contribution in [0.2, 0.25) is 0 Å². The number of benzene rings is 1. The number of carbonyl (C=O) groups excluding carboxylic acids is 5. The Balaban J connectivity index is 1.84. The van der Waals surface area contributed by atoms with E-state index >= 15 is 0 Å². The summed E-state index contributed by atoms with van der Waals surface area (Å²) in [5.41, 5.74) is 0.275. The largest absolute Gasteiger partial charge is 0.345 e. The van der Waals surface area contributed by atoms with Crippen molar-refractivity contribution in [3.63, 3.8) is 0 Å². The topological polar surface area (TPSA) is 125 Å². The highest BCUT2D eigenvalue weighted by molar-refractivity contribution is 6.38. The molecule has 9 heteroatoms. The van der Waals surface area contributed by atoms with Gasteiger partial charge in [0.2, 0.25) is 23.5 Å². The van der Waals surface area contributed by atoms with Gasteiger partial charge in [-0.3, -0.25) is 24.0 Å². The van der Waals surface area contributed by atoms with E-state index in [0.29, 0.717) is 13.0 Å². The molecule has 1 saturated heterocycles. The van der Waals surface area contributed by atoms with Gasteiger partial charge in [0.15, 0.2) is 0 Å². The normalized spacial score (nSPS) is 22.0. The molecule has 3 N–H and O–H groups in total. The molecule has 0 aromatic heterocycles. The number of rotatable bonds is 12. The lowest BCUT2D eigenvalue weighted by Crippen LogP contribution is -2.60. The van der Waals surface area contributed by atoms with Crippen LogP contribution >= 0.6 is 0 Å². The Kier molecular flexibility index (Phi) is 11.0. The molecule has 0 bridgehead atoms. The third-order valence-corrected chi connectivity index (χ3v) is 8.51. The van der Waals surface area contributed by atoms with Crippen molar-refractivity contribution in [3.8, 4) is 0 Å². The quantitative estimate of drug-likeness (QED) is 0.326. The number of nitrogens with one attached hydrogen (secondary N) is 3. The van der Waals surface area contributed by atoms with E-state index in [1.165, 1.54) is 0 Å². The van der Waals surface area contributed by atoms with Gasteiger partial charge in [0.25, 0.3) is 5.91 Å². The van der Waals surface area contributed by atoms with E-state index in [0.717, 1.165) is 18.4 Å². The summed E-state index contributed by atoms with van der Waals surface area (Å²) in [6, 6.07) is 6.70. The molecule has 42 heavy (non-hydrogen) atoms. The molecule has 1 aliphatic heterocycles. The average molecular weight is 583 g/mol. The molecule has 2 aliphatic rings. The number of hydrogen-bond donors (Lipinski definition) is 3. The summed E-state index contributed by atoms with van der Waals surface area (Å²) in [4.78, 5) is 68.7. The molecule has 2 fully saturated rings. The van der Waals surface area contributed by atoms with E-state index in [9.17, 15) is 24.0 Å². The molecule has 0 radical (unpaired) electrons. The SMILES string of the molecule is CC(C)C(=O)N[C@H](C(=O)N1C[C@H](C)[C@H](C(C)C)[C@H]1C(=O)NC(CC1CC1)C(=O)C(=O)NCc1ccccc1)C(C)(C)C. The van der Waals surface area contributed by atoms with Gasteiger partial charge >= 0.3 is 0 Å². The van der Waals surface area contributed by atoms with Gasteiger partial charge in [-0.25, -0.2) is 0 Å². The van der Waals surface area contributed by atoms with Crippen molar-refractivity contribution in [2.24, 2.45) is 35.0 Å². The molecule has 232 valence electrons. The molecule has 1 unspecified atom stereocenters. The Morgan fingerprint density at radius 3 is 2.10 bits per heavy atom. The monoisotopic (exact) mass is 582 g/mol. The lowest BCUT2D eigenvalue weighted by Gasteiger charge is -2.37. The number of Topliss-reactive ketones (excluding diaryl/α,β-unsaturated/α-hetero) is 1. The number of likely N-dealkylation sites (tertiary alicyclic amines) is 1. The second-order valence-electron chi connectivity index (χ2n) is 14.0. The minimum absolute atomic E-state index is 0.0258. The Bertz CT molecular complexity index is 1140. The third-order valence-electron chi connectivity index (χ3n) is 8.51. The Morgan fingerprint density at radius 1 is 0.952 bits per heavy atom. The first kappa shape index (κ1) is 33.3. The molecule has 1 heterocycles. The summed E-state index contributed by atoms with van der Waals surface area (Å²) >= 11 is 0. The molecular formula is C33H50N4O5. The van der Waals surface area contributed by atoms with Gasteiger partial charge in [-0.2, -0.15) is 0 Å². The van der Waals surface area contributed by atoms with Crippen LogP contribution in [0.25, 0.3) is 0 Å². The Hall–Kier alpha value is -3.23. The zero-order valence-electron chi connectivity index (χ0n) is 26.5. The van der Waals surface area contributed by atoms with Crippen molar-refractivity contribution in [2.45, 2.75) is 99.3 Å². The molecule has 1 aromatic carbocycles. The van der Waals surface area contributed by atoms with Gasteiger partial charge in [-0.05, 0) is 41.1 Å². The molecule has 4 amide bonds. The molecule has 5 atom stereocenters. The van der Waals surface area contributed by atoms with E-state index in [4.69, 9.17) is 0 Å². The molecule has 3 rings (SSSR count). The number of carbonyl (C=O) groups is 5. The van der Waals surface area contributed by atoms with E-state index in [1.807, 2.05) is 71.9 Å². The molecule has 1 aliphatic carbocycles. The number of ketones is 1. The predicted molar refractivity (Wildman–Crippen MR) is 162 cm³/mol. The number of hydrogen-bond acceptors (Lipinski definition) is 5. The first-order valence-electron chi connectivity index (χ1n) is 15.4. The number of amides is 4. The molecule has 1 aromatic rings. The van der Waals surface area contributed by atoms with Crippen molar-refractivity contribution in [1.29, 1.82) is 0 Å². The van der Waals surface area contributed by atoms with Crippen molar-refractivity contribution in [3.05, 3.63) is 35.9 Å². The maximum atomic E-state index is 14.1. The maximum Gasteiger partial charge on any atom is 0.289 e. The third kappa shape index (κ3) is 8.42. The van der Waals surface area contributed by atoms with Crippen LogP contribution in [0.4, 0.5) is 0 Å². The molecule has 0 spiro atoms. The van der Waals surface area contributed by atoms with Crippen LogP contribution in [-0.4, -0.2) is 59.0 Å². The van der Waals surface area contributed by atoms with Crippen molar-refractivity contribution in [2.75, 3.05) is 6.54 Å². The van der Waals surface area contributed by atoms with E-state index < -0.39 is 41.1 Å². The standard InChI is InChI=1S/C33H50N4O5/c1-19(2)25-21(5)18-37(32(42)28(33(6,7)8)36-29(39)20(3)4)26(25)30(40)35-24(16-22-14-15-22)27(38)31(41)34-17-23-12-10-9-11-13-23/h9-13,19-22,24-26,28H,14-18H2,1-8H3,(H,34,41)(H,35,40)(H,36,39)/t21-,24?,25-,26-,28+/m0/s1.